The normalized spacial score (nSPS) is 23.1. The summed E-state index contributed by atoms with van der Waals surface area (Å²) in [6.07, 6.45) is 19.8. The number of carbonyl (C=O) groups is 1. The summed E-state index contributed by atoms with van der Waals surface area (Å²) in [7, 11) is 0. The van der Waals surface area contributed by atoms with E-state index >= 15 is 0 Å². The minimum atomic E-state index is -1.66. The highest BCUT2D eigenvalue weighted by Gasteiger charge is 2.44. The van der Waals surface area contributed by atoms with Gasteiger partial charge in [-0.15, -0.1) is 0 Å². The Kier molecular flexibility index (Phi) is 30.2. The molecule has 52 heavy (non-hydrogen) atoms. The van der Waals surface area contributed by atoms with Crippen LogP contribution in [0, 0.1) is 0 Å². The quantitative estimate of drug-likeness (QED) is 0.0299. The second kappa shape index (κ2) is 32.1. The molecular weight excluding hydrogens is 666 g/mol. The van der Waals surface area contributed by atoms with E-state index in [0.29, 0.717) is 12.8 Å². The zero-order chi connectivity index (χ0) is 38.4. The molecule has 1 saturated heterocycles. The number of unbranched alkanes of at least 4 members (excludes halogenated alkanes) is 20. The molecule has 0 spiro atoms. The van der Waals surface area contributed by atoms with Gasteiger partial charge in [-0.2, -0.15) is 0 Å². The van der Waals surface area contributed by atoms with Crippen molar-refractivity contribution in [3.8, 4) is 0 Å². The SMILES string of the molecule is CCCCCCCCCCC=CCCCC(O)C(O)C(COC1OC(CO)C(O)C(O)C1O)NC(=O)C(O)CCCCCCCCCCCCCC. The van der Waals surface area contributed by atoms with E-state index in [2.05, 4.69) is 31.3 Å². The lowest BCUT2D eigenvalue weighted by molar-refractivity contribution is -0.303. The Hall–Kier alpha value is -1.15. The fourth-order valence-corrected chi connectivity index (χ4v) is 6.73. The van der Waals surface area contributed by atoms with Crippen molar-refractivity contribution in [2.45, 2.75) is 229 Å². The summed E-state index contributed by atoms with van der Waals surface area (Å²) < 4.78 is 11.0. The Bertz CT molecular complexity index is 861. The molecular formula is C41H79NO10. The second-order valence-electron chi connectivity index (χ2n) is 15.1. The van der Waals surface area contributed by atoms with E-state index in [1.54, 1.807) is 0 Å². The molecule has 11 nitrogen and oxygen atoms in total. The number of amides is 1. The van der Waals surface area contributed by atoms with Gasteiger partial charge in [0.1, 0.15) is 36.6 Å². The lowest BCUT2D eigenvalue weighted by Crippen LogP contribution is -2.60. The molecule has 1 aliphatic heterocycles. The number of ether oxygens (including phenoxy) is 2. The molecule has 0 radical (unpaired) electrons. The lowest BCUT2D eigenvalue weighted by atomic mass is 9.98. The Morgan fingerprint density at radius 2 is 1.13 bits per heavy atom. The smallest absolute Gasteiger partial charge is 0.249 e. The van der Waals surface area contributed by atoms with Crippen LogP contribution in [0.4, 0.5) is 0 Å². The number of hydrogen-bond acceptors (Lipinski definition) is 10. The first-order chi connectivity index (χ1) is 25.2. The molecule has 0 aromatic heterocycles. The fraction of sp³-hybridized carbons (Fsp3) is 0.927. The summed E-state index contributed by atoms with van der Waals surface area (Å²) in [5.41, 5.74) is 0. The van der Waals surface area contributed by atoms with Crippen LogP contribution in [0.15, 0.2) is 12.2 Å². The molecule has 8 N–H and O–H groups in total. The minimum Gasteiger partial charge on any atom is -0.394 e. The first-order valence-corrected chi connectivity index (χ1v) is 21.1. The summed E-state index contributed by atoms with van der Waals surface area (Å²) in [4.78, 5) is 13.0. The van der Waals surface area contributed by atoms with Gasteiger partial charge in [-0.3, -0.25) is 4.79 Å². The van der Waals surface area contributed by atoms with Crippen LogP contribution in [0.1, 0.15) is 174 Å². The van der Waals surface area contributed by atoms with Crippen molar-refractivity contribution in [1.82, 2.24) is 5.32 Å². The van der Waals surface area contributed by atoms with Gasteiger partial charge in [0.15, 0.2) is 6.29 Å². The molecule has 1 fully saturated rings. The summed E-state index contributed by atoms with van der Waals surface area (Å²) >= 11 is 0. The van der Waals surface area contributed by atoms with Gasteiger partial charge < -0.3 is 50.5 Å². The van der Waals surface area contributed by atoms with Gasteiger partial charge in [0.2, 0.25) is 5.91 Å². The summed E-state index contributed by atoms with van der Waals surface area (Å²) in [6.45, 7) is 3.39. The van der Waals surface area contributed by atoms with E-state index in [1.807, 2.05) is 0 Å². The first-order valence-electron chi connectivity index (χ1n) is 21.1. The van der Waals surface area contributed by atoms with Crippen LogP contribution in [0.5, 0.6) is 0 Å². The maximum atomic E-state index is 13.0. The minimum absolute atomic E-state index is 0.257. The predicted octanol–water partition coefficient (Wildman–Crippen LogP) is 5.72. The summed E-state index contributed by atoms with van der Waals surface area (Å²) in [5, 5.41) is 75.3. The monoisotopic (exact) mass is 746 g/mol. The van der Waals surface area contributed by atoms with Crippen LogP contribution in [0.3, 0.4) is 0 Å². The molecule has 0 bridgehead atoms. The number of rotatable bonds is 34. The zero-order valence-electron chi connectivity index (χ0n) is 32.8. The molecule has 1 aliphatic rings. The molecule has 9 unspecified atom stereocenters. The van der Waals surface area contributed by atoms with Crippen LogP contribution in [-0.4, -0.2) is 110 Å². The molecule has 1 amide bonds. The third-order valence-electron chi connectivity index (χ3n) is 10.3. The predicted molar refractivity (Wildman–Crippen MR) is 206 cm³/mol. The summed E-state index contributed by atoms with van der Waals surface area (Å²) in [6, 6.07) is -1.18. The Morgan fingerprint density at radius 3 is 1.65 bits per heavy atom. The van der Waals surface area contributed by atoms with Gasteiger partial charge in [0, 0.05) is 0 Å². The zero-order valence-corrected chi connectivity index (χ0v) is 32.8. The molecule has 1 heterocycles. The van der Waals surface area contributed by atoms with Crippen molar-refractivity contribution < 1.29 is 50.0 Å². The molecule has 0 saturated carbocycles. The average Bonchev–Trinajstić information content (AvgIpc) is 3.14. The van der Waals surface area contributed by atoms with Crippen molar-refractivity contribution >= 4 is 5.91 Å². The molecule has 0 aromatic rings. The molecule has 308 valence electrons. The van der Waals surface area contributed by atoms with Crippen molar-refractivity contribution in [2.75, 3.05) is 13.2 Å². The molecule has 0 aromatic carbocycles. The van der Waals surface area contributed by atoms with Crippen molar-refractivity contribution in [1.29, 1.82) is 0 Å². The van der Waals surface area contributed by atoms with Crippen LogP contribution in [0.25, 0.3) is 0 Å². The third kappa shape index (κ3) is 22.3. The molecule has 0 aliphatic carbocycles. The third-order valence-corrected chi connectivity index (χ3v) is 10.3. The van der Waals surface area contributed by atoms with E-state index in [1.165, 1.54) is 96.3 Å². The van der Waals surface area contributed by atoms with Crippen LogP contribution in [-0.2, 0) is 14.3 Å². The Balaban J connectivity index is 2.55. The van der Waals surface area contributed by atoms with E-state index < -0.39 is 74.2 Å². The molecule has 9 atom stereocenters. The number of nitrogens with one attached hydrogen (secondary N) is 1. The maximum absolute atomic E-state index is 13.0. The number of aliphatic hydroxyl groups excluding tert-OH is 7. The van der Waals surface area contributed by atoms with Crippen molar-refractivity contribution in [3.63, 3.8) is 0 Å². The maximum Gasteiger partial charge on any atom is 0.249 e. The largest absolute Gasteiger partial charge is 0.394 e. The lowest BCUT2D eigenvalue weighted by Gasteiger charge is -2.40. The highest BCUT2D eigenvalue weighted by molar-refractivity contribution is 5.80. The van der Waals surface area contributed by atoms with E-state index in [-0.39, 0.29) is 12.8 Å². The van der Waals surface area contributed by atoms with Crippen LogP contribution >= 0.6 is 0 Å². The number of hydrogen-bond donors (Lipinski definition) is 8. The number of carbonyl (C=O) groups excluding carboxylic acids is 1. The highest BCUT2D eigenvalue weighted by atomic mass is 16.7. The highest BCUT2D eigenvalue weighted by Crippen LogP contribution is 2.23. The van der Waals surface area contributed by atoms with E-state index in [4.69, 9.17) is 9.47 Å². The van der Waals surface area contributed by atoms with Gasteiger partial charge in [0.05, 0.1) is 25.4 Å². The van der Waals surface area contributed by atoms with Gasteiger partial charge in [-0.1, -0.05) is 148 Å². The van der Waals surface area contributed by atoms with E-state index in [9.17, 15) is 40.5 Å². The molecule has 1 rings (SSSR count). The summed E-state index contributed by atoms with van der Waals surface area (Å²) in [5.74, 6) is -0.708. The molecule has 11 heteroatoms. The van der Waals surface area contributed by atoms with Crippen molar-refractivity contribution in [3.05, 3.63) is 12.2 Å². The Labute approximate surface area is 315 Å². The van der Waals surface area contributed by atoms with Gasteiger partial charge in [0.25, 0.3) is 0 Å². The number of allylic oxidation sites excluding steroid dienone is 2. The Morgan fingerprint density at radius 1 is 0.654 bits per heavy atom. The first kappa shape index (κ1) is 48.9. The fourth-order valence-electron chi connectivity index (χ4n) is 6.73. The van der Waals surface area contributed by atoms with E-state index in [0.717, 1.165) is 38.5 Å². The van der Waals surface area contributed by atoms with Crippen molar-refractivity contribution in [2.24, 2.45) is 0 Å². The van der Waals surface area contributed by atoms with Crippen LogP contribution in [0.2, 0.25) is 0 Å². The standard InChI is InChI=1S/C41H79NO10/c1-3-5-7-9-11-13-15-17-19-20-22-24-26-28-33(44)36(46)32(31-51-41-39(49)38(48)37(47)35(30-43)52-41)42-40(50)34(45)29-27-25-23-21-18-16-14-12-10-8-6-4-2/h20,22,32-39,41,43-49H,3-19,21,23-31H2,1-2H3,(H,42,50). The van der Waals surface area contributed by atoms with Crippen LogP contribution < -0.4 is 5.32 Å². The topological polar surface area (TPSA) is 189 Å². The number of aliphatic hydroxyl groups is 7. The average molecular weight is 746 g/mol. The van der Waals surface area contributed by atoms with Gasteiger partial charge in [-0.05, 0) is 38.5 Å². The van der Waals surface area contributed by atoms with Gasteiger partial charge in [-0.25, -0.2) is 0 Å². The second-order valence-corrected chi connectivity index (χ2v) is 15.1. The van der Waals surface area contributed by atoms with Gasteiger partial charge >= 0.3 is 0 Å².